The van der Waals surface area contributed by atoms with Crippen molar-refractivity contribution in [2.75, 3.05) is 11.1 Å². The van der Waals surface area contributed by atoms with E-state index in [0.29, 0.717) is 12.1 Å². The van der Waals surface area contributed by atoms with Crippen molar-refractivity contribution < 1.29 is 41.4 Å². The summed E-state index contributed by atoms with van der Waals surface area (Å²) >= 11 is 3.13. The monoisotopic (exact) mass is 516 g/mol. The van der Waals surface area contributed by atoms with E-state index in [4.69, 9.17) is 10.8 Å². The van der Waals surface area contributed by atoms with Gasteiger partial charge in [0.15, 0.2) is 0 Å². The summed E-state index contributed by atoms with van der Waals surface area (Å²) in [5, 5.41) is 20.6. The smallest absolute Gasteiger partial charge is 0.416 e. The standard InChI is InChI=1S/C12H13BrF3NO2.C7H6F3NO/c1-6(2)10(13)11(19)17-8-5-7(12(14,15)16)3-4-9(8)18;8-7(9,10)4-1-2-6(12)5(11)3-4/h3-6,10,18H,1-2H3,(H,17,19);1-3,12H,11H2. The van der Waals surface area contributed by atoms with Crippen molar-refractivity contribution in [1.82, 2.24) is 0 Å². The molecule has 12 heteroatoms. The van der Waals surface area contributed by atoms with Crippen LogP contribution in [0.2, 0.25) is 0 Å². The van der Waals surface area contributed by atoms with E-state index in [0.717, 1.165) is 24.3 Å². The number of halogens is 7. The van der Waals surface area contributed by atoms with E-state index in [-0.39, 0.29) is 23.0 Å². The number of phenolic OH excluding ortho intramolecular Hbond substituents is 2. The molecule has 0 spiro atoms. The lowest BCUT2D eigenvalue weighted by Crippen LogP contribution is -2.27. The molecule has 2 aromatic rings. The molecule has 0 saturated carbocycles. The second-order valence-electron chi connectivity index (χ2n) is 6.64. The number of carbonyl (C=O) groups is 1. The van der Waals surface area contributed by atoms with Gasteiger partial charge in [-0.15, -0.1) is 0 Å². The quantitative estimate of drug-likeness (QED) is 0.180. The molecule has 0 aliphatic rings. The molecule has 1 atom stereocenters. The molecular formula is C19H19BrF6N2O3. The second kappa shape index (κ2) is 10.1. The van der Waals surface area contributed by atoms with Gasteiger partial charge in [-0.2, -0.15) is 26.3 Å². The van der Waals surface area contributed by atoms with Crippen molar-refractivity contribution in [1.29, 1.82) is 0 Å². The van der Waals surface area contributed by atoms with Crippen LogP contribution < -0.4 is 11.1 Å². The summed E-state index contributed by atoms with van der Waals surface area (Å²) in [6.07, 6.45) is -8.94. The third-order valence-corrected chi connectivity index (χ3v) is 5.25. The normalized spacial score (nSPS) is 12.7. The van der Waals surface area contributed by atoms with Gasteiger partial charge < -0.3 is 21.3 Å². The fraction of sp³-hybridized carbons (Fsp3) is 0.316. The number of nitrogen functional groups attached to an aromatic ring is 1. The third kappa shape index (κ3) is 7.85. The first-order valence-electron chi connectivity index (χ1n) is 8.54. The Morgan fingerprint density at radius 3 is 1.81 bits per heavy atom. The maximum atomic E-state index is 12.5. The average Bonchev–Trinajstić information content (AvgIpc) is 2.63. The fourth-order valence-electron chi connectivity index (χ4n) is 2.05. The molecule has 0 aliphatic carbocycles. The molecular weight excluding hydrogens is 498 g/mol. The number of carbonyl (C=O) groups excluding carboxylic acids is 1. The molecule has 2 aromatic carbocycles. The van der Waals surface area contributed by atoms with Crippen LogP contribution in [0.3, 0.4) is 0 Å². The van der Waals surface area contributed by atoms with Gasteiger partial charge in [0.1, 0.15) is 11.5 Å². The molecule has 0 heterocycles. The molecule has 0 fully saturated rings. The number of amides is 1. The maximum absolute atomic E-state index is 12.5. The lowest BCUT2D eigenvalue weighted by Gasteiger charge is -2.15. The predicted octanol–water partition coefficient (Wildman–Crippen LogP) is 5.76. The van der Waals surface area contributed by atoms with Crippen LogP contribution in [0.25, 0.3) is 0 Å². The highest BCUT2D eigenvalue weighted by atomic mass is 79.9. The molecule has 2 rings (SSSR count). The first-order chi connectivity index (χ1) is 14.0. The fourth-order valence-corrected chi connectivity index (χ4v) is 2.16. The van der Waals surface area contributed by atoms with Gasteiger partial charge in [0.25, 0.3) is 0 Å². The Labute approximate surface area is 182 Å². The summed E-state index contributed by atoms with van der Waals surface area (Å²) in [5.41, 5.74) is 2.74. The number of anilines is 2. The zero-order valence-corrected chi connectivity index (χ0v) is 17.7. The number of alkyl halides is 7. The van der Waals surface area contributed by atoms with Crippen LogP contribution in [0.5, 0.6) is 11.5 Å². The van der Waals surface area contributed by atoms with Crippen LogP contribution in [-0.2, 0) is 17.1 Å². The van der Waals surface area contributed by atoms with E-state index in [1.165, 1.54) is 0 Å². The highest BCUT2D eigenvalue weighted by molar-refractivity contribution is 9.10. The number of hydrogen-bond donors (Lipinski definition) is 4. The molecule has 1 amide bonds. The van der Waals surface area contributed by atoms with E-state index >= 15 is 0 Å². The number of hydrogen-bond acceptors (Lipinski definition) is 4. The van der Waals surface area contributed by atoms with E-state index in [2.05, 4.69) is 21.2 Å². The Balaban J connectivity index is 0.000000343. The van der Waals surface area contributed by atoms with Crippen LogP contribution in [-0.4, -0.2) is 20.9 Å². The molecule has 0 aliphatic heterocycles. The number of aromatic hydroxyl groups is 2. The predicted molar refractivity (Wildman–Crippen MR) is 107 cm³/mol. The molecule has 0 radical (unpaired) electrons. The first-order valence-corrected chi connectivity index (χ1v) is 9.46. The highest BCUT2D eigenvalue weighted by Crippen LogP contribution is 2.35. The SMILES string of the molecule is CC(C)C(Br)C(=O)Nc1cc(C(F)(F)F)ccc1O.Nc1cc(C(F)(F)F)ccc1O. The first kappa shape index (κ1) is 26.4. The van der Waals surface area contributed by atoms with Crippen LogP contribution >= 0.6 is 15.9 Å². The van der Waals surface area contributed by atoms with E-state index in [1.807, 2.05) is 0 Å². The summed E-state index contributed by atoms with van der Waals surface area (Å²) in [7, 11) is 0. The Kier molecular flexibility index (Phi) is 8.62. The van der Waals surface area contributed by atoms with Gasteiger partial charge in [-0.05, 0) is 42.3 Å². The van der Waals surface area contributed by atoms with Gasteiger partial charge in [-0.1, -0.05) is 29.8 Å². The van der Waals surface area contributed by atoms with Crippen molar-refractivity contribution in [3.8, 4) is 11.5 Å². The average molecular weight is 517 g/mol. The Bertz CT molecular complexity index is 916. The van der Waals surface area contributed by atoms with Gasteiger partial charge in [-0.3, -0.25) is 4.79 Å². The summed E-state index contributed by atoms with van der Waals surface area (Å²) < 4.78 is 73.4. The van der Waals surface area contributed by atoms with E-state index in [1.54, 1.807) is 13.8 Å². The van der Waals surface area contributed by atoms with Gasteiger partial charge in [-0.25, -0.2) is 0 Å². The van der Waals surface area contributed by atoms with Gasteiger partial charge in [0.05, 0.1) is 27.3 Å². The molecule has 5 N–H and O–H groups in total. The van der Waals surface area contributed by atoms with Crippen molar-refractivity contribution >= 4 is 33.2 Å². The van der Waals surface area contributed by atoms with Crippen LogP contribution in [0.15, 0.2) is 36.4 Å². The number of phenols is 2. The summed E-state index contributed by atoms with van der Waals surface area (Å²) in [6, 6.07) is 4.72. The zero-order chi connectivity index (χ0) is 24.1. The molecule has 0 aromatic heterocycles. The van der Waals surface area contributed by atoms with Crippen LogP contribution in [0.1, 0.15) is 25.0 Å². The van der Waals surface area contributed by atoms with Crippen LogP contribution in [0.4, 0.5) is 37.7 Å². The summed E-state index contributed by atoms with van der Waals surface area (Å²) in [4.78, 5) is 11.2. The van der Waals surface area contributed by atoms with Crippen molar-refractivity contribution in [3.05, 3.63) is 47.5 Å². The largest absolute Gasteiger partial charge is 0.506 e. The number of nitrogens with two attached hydrogens (primary N) is 1. The Morgan fingerprint density at radius 2 is 1.39 bits per heavy atom. The minimum atomic E-state index is -4.53. The molecule has 31 heavy (non-hydrogen) atoms. The lowest BCUT2D eigenvalue weighted by atomic mass is 10.1. The summed E-state index contributed by atoms with van der Waals surface area (Å²) in [5.74, 6) is -1.30. The summed E-state index contributed by atoms with van der Waals surface area (Å²) in [6.45, 7) is 3.57. The Hall–Kier alpha value is -2.63. The molecule has 0 bridgehead atoms. The second-order valence-corrected chi connectivity index (χ2v) is 7.62. The topological polar surface area (TPSA) is 95.6 Å². The van der Waals surface area contributed by atoms with Crippen molar-refractivity contribution in [2.24, 2.45) is 5.92 Å². The lowest BCUT2D eigenvalue weighted by molar-refractivity contribution is -0.138. The third-order valence-electron chi connectivity index (χ3n) is 3.77. The number of rotatable bonds is 3. The van der Waals surface area contributed by atoms with Gasteiger partial charge in [0.2, 0.25) is 5.91 Å². The molecule has 172 valence electrons. The van der Waals surface area contributed by atoms with Crippen molar-refractivity contribution in [3.63, 3.8) is 0 Å². The van der Waals surface area contributed by atoms with Crippen molar-refractivity contribution in [2.45, 2.75) is 31.0 Å². The Morgan fingerprint density at radius 1 is 0.935 bits per heavy atom. The van der Waals surface area contributed by atoms with E-state index < -0.39 is 40.0 Å². The molecule has 1 unspecified atom stereocenters. The van der Waals surface area contributed by atoms with Crippen LogP contribution in [0, 0.1) is 5.92 Å². The van der Waals surface area contributed by atoms with E-state index in [9.17, 15) is 36.2 Å². The number of benzene rings is 2. The highest BCUT2D eigenvalue weighted by Gasteiger charge is 2.32. The van der Waals surface area contributed by atoms with Gasteiger partial charge >= 0.3 is 12.4 Å². The molecule has 0 saturated heterocycles. The number of nitrogens with one attached hydrogen (secondary N) is 1. The van der Waals surface area contributed by atoms with Gasteiger partial charge in [0, 0.05) is 0 Å². The zero-order valence-electron chi connectivity index (χ0n) is 16.1. The molecule has 5 nitrogen and oxygen atoms in total. The minimum Gasteiger partial charge on any atom is -0.506 e. The minimum absolute atomic E-state index is 0.0343. The maximum Gasteiger partial charge on any atom is 0.416 e.